The Morgan fingerprint density at radius 2 is 2.10 bits per heavy atom. The molecule has 2 saturated heterocycles. The number of unbranched alkanes of at least 4 members (excludes halogenated alkanes) is 1. The normalized spacial score (nSPS) is 28.6. The summed E-state index contributed by atoms with van der Waals surface area (Å²) >= 11 is 0. The summed E-state index contributed by atoms with van der Waals surface area (Å²) in [5.41, 5.74) is 5.53. The summed E-state index contributed by atoms with van der Waals surface area (Å²) in [5.74, 6) is 0.574. The maximum atomic E-state index is 12.5. The fourth-order valence-electron chi connectivity index (χ4n) is 3.09. The molecular weight excluding hydrogens is 254 g/mol. The number of nitrogens with two attached hydrogens (primary N) is 1. The van der Waals surface area contributed by atoms with Gasteiger partial charge in [-0.25, -0.2) is 0 Å². The molecule has 2 aliphatic heterocycles. The molecule has 2 fully saturated rings. The molecule has 2 rings (SSSR count). The average molecular weight is 283 g/mol. The minimum atomic E-state index is -0.196. The number of hydrogen-bond acceptors (Lipinski definition) is 4. The molecule has 0 aliphatic carbocycles. The summed E-state index contributed by atoms with van der Waals surface area (Å²) in [7, 11) is 0. The maximum Gasteiger partial charge on any atom is 0.252 e. The van der Waals surface area contributed by atoms with Gasteiger partial charge in [-0.1, -0.05) is 6.92 Å². The fourth-order valence-corrected chi connectivity index (χ4v) is 3.09. The third kappa shape index (κ3) is 4.17. The van der Waals surface area contributed by atoms with Crippen molar-refractivity contribution in [2.24, 2.45) is 11.7 Å². The molecule has 2 atom stereocenters. The summed E-state index contributed by atoms with van der Waals surface area (Å²) in [6.07, 6.45) is 4.13. The Kier molecular flexibility index (Phi) is 6.26. The van der Waals surface area contributed by atoms with E-state index in [0.717, 1.165) is 71.6 Å². The van der Waals surface area contributed by atoms with E-state index in [0.29, 0.717) is 5.92 Å². The predicted octanol–water partition coefficient (Wildman–Crippen LogP) is 0.685. The van der Waals surface area contributed by atoms with Crippen molar-refractivity contribution < 1.29 is 9.53 Å². The Bertz CT molecular complexity index is 311. The van der Waals surface area contributed by atoms with Crippen molar-refractivity contribution in [1.82, 2.24) is 9.80 Å². The van der Waals surface area contributed by atoms with Crippen molar-refractivity contribution in [3.05, 3.63) is 0 Å². The first-order valence-corrected chi connectivity index (χ1v) is 8.05. The molecule has 2 aliphatic rings. The van der Waals surface area contributed by atoms with Gasteiger partial charge in [-0.05, 0) is 51.2 Å². The molecule has 1 amide bonds. The summed E-state index contributed by atoms with van der Waals surface area (Å²) < 4.78 is 5.61. The van der Waals surface area contributed by atoms with Crippen molar-refractivity contribution in [3.8, 4) is 0 Å². The number of carbonyl (C=O) groups is 1. The van der Waals surface area contributed by atoms with Crippen molar-refractivity contribution in [2.75, 3.05) is 45.9 Å². The minimum absolute atomic E-state index is 0.196. The van der Waals surface area contributed by atoms with E-state index in [1.165, 1.54) is 0 Å². The summed E-state index contributed by atoms with van der Waals surface area (Å²) in [6, 6.07) is 0. The van der Waals surface area contributed by atoms with Crippen LogP contribution in [0.15, 0.2) is 0 Å². The molecule has 0 bridgehead atoms. The van der Waals surface area contributed by atoms with E-state index in [9.17, 15) is 4.79 Å². The van der Waals surface area contributed by atoms with Crippen LogP contribution in [0, 0.1) is 5.92 Å². The number of nitrogens with zero attached hydrogens (tertiary/aromatic N) is 2. The molecule has 5 heteroatoms. The van der Waals surface area contributed by atoms with E-state index in [1.54, 1.807) is 0 Å². The lowest BCUT2D eigenvalue weighted by atomic mass is 10.0. The van der Waals surface area contributed by atoms with E-state index in [4.69, 9.17) is 10.5 Å². The first-order valence-electron chi connectivity index (χ1n) is 8.05. The second-order valence-corrected chi connectivity index (χ2v) is 6.07. The quantitative estimate of drug-likeness (QED) is 0.754. The van der Waals surface area contributed by atoms with Crippen LogP contribution >= 0.6 is 0 Å². The zero-order chi connectivity index (χ0) is 14.4. The first kappa shape index (κ1) is 15.7. The van der Waals surface area contributed by atoms with Gasteiger partial charge in [0.2, 0.25) is 0 Å². The van der Waals surface area contributed by atoms with Gasteiger partial charge in [-0.3, -0.25) is 4.79 Å². The lowest BCUT2D eigenvalue weighted by Crippen LogP contribution is -2.43. The minimum Gasteiger partial charge on any atom is -0.368 e. The average Bonchev–Trinajstić information content (AvgIpc) is 2.73. The maximum absolute atomic E-state index is 12.5. The largest absolute Gasteiger partial charge is 0.368 e. The molecule has 0 radical (unpaired) electrons. The second-order valence-electron chi connectivity index (χ2n) is 6.07. The lowest BCUT2D eigenvalue weighted by Gasteiger charge is -2.25. The van der Waals surface area contributed by atoms with E-state index < -0.39 is 0 Å². The van der Waals surface area contributed by atoms with Gasteiger partial charge in [-0.15, -0.1) is 0 Å². The molecule has 0 aromatic rings. The Labute approximate surface area is 122 Å². The summed E-state index contributed by atoms with van der Waals surface area (Å²) in [4.78, 5) is 17.0. The molecule has 0 aromatic carbocycles. The molecule has 5 nitrogen and oxygen atoms in total. The van der Waals surface area contributed by atoms with Gasteiger partial charge in [0, 0.05) is 26.2 Å². The van der Waals surface area contributed by atoms with Crippen LogP contribution in [0.25, 0.3) is 0 Å². The highest BCUT2D eigenvalue weighted by atomic mass is 16.5. The van der Waals surface area contributed by atoms with Crippen LogP contribution in [-0.4, -0.2) is 67.7 Å². The van der Waals surface area contributed by atoms with Gasteiger partial charge in [0.1, 0.15) is 6.10 Å². The Balaban J connectivity index is 1.78. The van der Waals surface area contributed by atoms with Crippen LogP contribution in [0.4, 0.5) is 0 Å². The zero-order valence-electron chi connectivity index (χ0n) is 12.7. The van der Waals surface area contributed by atoms with Gasteiger partial charge in [0.25, 0.3) is 5.91 Å². The van der Waals surface area contributed by atoms with Gasteiger partial charge in [0.05, 0.1) is 0 Å². The van der Waals surface area contributed by atoms with E-state index in [2.05, 4.69) is 11.8 Å². The zero-order valence-corrected chi connectivity index (χ0v) is 12.7. The number of ether oxygens (including phenoxy) is 1. The highest BCUT2D eigenvalue weighted by molar-refractivity contribution is 5.81. The molecule has 20 heavy (non-hydrogen) atoms. The molecular formula is C15H29N3O2. The molecule has 2 unspecified atom stereocenters. The number of hydrogen-bond donors (Lipinski definition) is 1. The van der Waals surface area contributed by atoms with Gasteiger partial charge in [-0.2, -0.15) is 0 Å². The lowest BCUT2D eigenvalue weighted by molar-refractivity contribution is -0.142. The molecule has 2 N–H and O–H groups in total. The Morgan fingerprint density at radius 1 is 1.25 bits per heavy atom. The Morgan fingerprint density at radius 3 is 2.80 bits per heavy atom. The van der Waals surface area contributed by atoms with Crippen molar-refractivity contribution in [3.63, 3.8) is 0 Å². The third-order valence-corrected chi connectivity index (χ3v) is 4.46. The van der Waals surface area contributed by atoms with Gasteiger partial charge < -0.3 is 20.3 Å². The van der Waals surface area contributed by atoms with Crippen LogP contribution < -0.4 is 5.73 Å². The van der Waals surface area contributed by atoms with Crippen LogP contribution in [0.3, 0.4) is 0 Å². The molecule has 0 aromatic heterocycles. The molecule has 0 saturated carbocycles. The van der Waals surface area contributed by atoms with Crippen LogP contribution in [0.5, 0.6) is 0 Å². The highest BCUT2D eigenvalue weighted by Crippen LogP contribution is 2.22. The van der Waals surface area contributed by atoms with Crippen LogP contribution in [0.2, 0.25) is 0 Å². The van der Waals surface area contributed by atoms with E-state index in [-0.39, 0.29) is 12.0 Å². The van der Waals surface area contributed by atoms with Crippen LogP contribution in [0.1, 0.15) is 32.6 Å². The molecule has 2 heterocycles. The standard InChI is InChI=1S/C15H29N3O2/c1-13-5-12-20-14(13)15(19)18-9-4-8-17(10-11-18)7-3-2-6-16/h13-14H,2-12,16H2,1H3. The summed E-state index contributed by atoms with van der Waals surface area (Å²) in [6.45, 7) is 8.52. The second kappa shape index (κ2) is 7.96. The SMILES string of the molecule is CC1CCOC1C(=O)N1CCCN(CCCCN)CC1. The van der Waals surface area contributed by atoms with Crippen molar-refractivity contribution in [2.45, 2.75) is 38.7 Å². The van der Waals surface area contributed by atoms with Crippen molar-refractivity contribution in [1.29, 1.82) is 0 Å². The van der Waals surface area contributed by atoms with Gasteiger partial charge in [0.15, 0.2) is 0 Å². The highest BCUT2D eigenvalue weighted by Gasteiger charge is 2.34. The third-order valence-electron chi connectivity index (χ3n) is 4.46. The molecule has 116 valence electrons. The van der Waals surface area contributed by atoms with Gasteiger partial charge >= 0.3 is 0 Å². The number of amides is 1. The monoisotopic (exact) mass is 283 g/mol. The fraction of sp³-hybridized carbons (Fsp3) is 0.933. The van der Waals surface area contributed by atoms with Crippen LogP contribution in [-0.2, 0) is 9.53 Å². The molecule has 0 spiro atoms. The van der Waals surface area contributed by atoms with E-state index >= 15 is 0 Å². The Hall–Kier alpha value is -0.650. The first-order chi connectivity index (χ1) is 9.72. The van der Waals surface area contributed by atoms with E-state index in [1.807, 2.05) is 4.90 Å². The number of rotatable bonds is 5. The topological polar surface area (TPSA) is 58.8 Å². The predicted molar refractivity (Wildman–Crippen MR) is 79.4 cm³/mol. The smallest absolute Gasteiger partial charge is 0.252 e. The van der Waals surface area contributed by atoms with Crippen molar-refractivity contribution >= 4 is 5.91 Å². The summed E-state index contributed by atoms with van der Waals surface area (Å²) in [5, 5.41) is 0. The number of carbonyl (C=O) groups excluding carboxylic acids is 1.